The SMILES string of the molecule is O=C[C@H]1C(=O)N(c2ccc(F)cc2)[C@@H]1c1ccc(OCc2ccccc2)cc1. The normalized spacial score (nSPS) is 18.5. The highest BCUT2D eigenvalue weighted by Gasteiger charge is 2.48. The van der Waals surface area contributed by atoms with E-state index in [9.17, 15) is 14.0 Å². The van der Waals surface area contributed by atoms with Crippen LogP contribution in [0.2, 0.25) is 0 Å². The number of aldehydes is 1. The van der Waals surface area contributed by atoms with Gasteiger partial charge in [-0.2, -0.15) is 0 Å². The van der Waals surface area contributed by atoms with Crippen molar-refractivity contribution < 1.29 is 18.7 Å². The summed E-state index contributed by atoms with van der Waals surface area (Å²) in [5.74, 6) is -0.688. The van der Waals surface area contributed by atoms with Crippen molar-refractivity contribution in [2.45, 2.75) is 12.6 Å². The Morgan fingerprint density at radius 3 is 2.25 bits per heavy atom. The molecule has 4 nitrogen and oxygen atoms in total. The molecule has 0 spiro atoms. The summed E-state index contributed by atoms with van der Waals surface area (Å²) in [7, 11) is 0. The van der Waals surface area contributed by atoms with Gasteiger partial charge in [0.05, 0.1) is 6.04 Å². The Balaban J connectivity index is 1.52. The topological polar surface area (TPSA) is 46.6 Å². The predicted molar refractivity (Wildman–Crippen MR) is 103 cm³/mol. The van der Waals surface area contributed by atoms with Crippen molar-refractivity contribution in [3.63, 3.8) is 0 Å². The number of ether oxygens (including phenoxy) is 1. The summed E-state index contributed by atoms with van der Waals surface area (Å²) in [6.07, 6.45) is 0.673. The summed E-state index contributed by atoms with van der Waals surface area (Å²) < 4.78 is 19.0. The van der Waals surface area contributed by atoms with Crippen LogP contribution in [-0.2, 0) is 16.2 Å². The van der Waals surface area contributed by atoms with Crippen LogP contribution in [0.15, 0.2) is 78.9 Å². The molecule has 0 aliphatic carbocycles. The highest BCUT2D eigenvalue weighted by Crippen LogP contribution is 2.42. The molecule has 0 bridgehead atoms. The third-order valence-corrected chi connectivity index (χ3v) is 4.86. The van der Waals surface area contributed by atoms with Gasteiger partial charge in [0.2, 0.25) is 5.91 Å². The van der Waals surface area contributed by atoms with Gasteiger partial charge in [-0.15, -0.1) is 0 Å². The van der Waals surface area contributed by atoms with Crippen molar-refractivity contribution in [3.05, 3.63) is 95.8 Å². The van der Waals surface area contributed by atoms with E-state index in [-0.39, 0.29) is 11.7 Å². The summed E-state index contributed by atoms with van der Waals surface area (Å²) in [6.45, 7) is 0.459. The van der Waals surface area contributed by atoms with E-state index in [1.165, 1.54) is 17.0 Å². The zero-order valence-electron chi connectivity index (χ0n) is 15.0. The van der Waals surface area contributed by atoms with Crippen LogP contribution in [-0.4, -0.2) is 12.2 Å². The Morgan fingerprint density at radius 1 is 0.929 bits per heavy atom. The molecular weight excluding hydrogens is 357 g/mol. The lowest BCUT2D eigenvalue weighted by Crippen LogP contribution is -2.56. The number of β-lactam (4-membered cyclic amide) rings is 1. The van der Waals surface area contributed by atoms with Crippen molar-refractivity contribution in [2.24, 2.45) is 5.92 Å². The summed E-state index contributed by atoms with van der Waals surface area (Å²) >= 11 is 0. The van der Waals surface area contributed by atoms with E-state index >= 15 is 0 Å². The summed E-state index contributed by atoms with van der Waals surface area (Å²) in [4.78, 5) is 25.3. The molecule has 1 fully saturated rings. The van der Waals surface area contributed by atoms with E-state index in [1.54, 1.807) is 12.1 Å². The average Bonchev–Trinajstić information content (AvgIpc) is 2.73. The Kier molecular flexibility index (Phi) is 4.89. The van der Waals surface area contributed by atoms with Crippen molar-refractivity contribution in [1.29, 1.82) is 0 Å². The largest absolute Gasteiger partial charge is 0.489 e. The first-order chi connectivity index (χ1) is 13.7. The smallest absolute Gasteiger partial charge is 0.240 e. The van der Waals surface area contributed by atoms with Gasteiger partial charge < -0.3 is 14.4 Å². The minimum absolute atomic E-state index is 0.281. The molecule has 2 atom stereocenters. The molecule has 0 aromatic heterocycles. The van der Waals surface area contributed by atoms with Gasteiger partial charge in [-0.25, -0.2) is 4.39 Å². The summed E-state index contributed by atoms with van der Waals surface area (Å²) in [5.41, 5.74) is 2.46. The van der Waals surface area contributed by atoms with E-state index in [0.717, 1.165) is 11.1 Å². The fourth-order valence-electron chi connectivity index (χ4n) is 3.39. The van der Waals surface area contributed by atoms with Gasteiger partial charge in [-0.05, 0) is 47.5 Å². The Bertz CT molecular complexity index is 971. The lowest BCUT2D eigenvalue weighted by atomic mass is 9.83. The molecule has 0 N–H and O–H groups in total. The van der Waals surface area contributed by atoms with Crippen LogP contribution in [0.1, 0.15) is 17.2 Å². The monoisotopic (exact) mass is 375 g/mol. The van der Waals surface area contributed by atoms with Gasteiger partial charge in [-0.1, -0.05) is 42.5 Å². The molecule has 0 unspecified atom stereocenters. The first-order valence-electron chi connectivity index (χ1n) is 8.98. The number of anilines is 1. The number of carbonyl (C=O) groups is 2. The maximum atomic E-state index is 13.2. The van der Waals surface area contributed by atoms with Crippen LogP contribution >= 0.6 is 0 Å². The minimum atomic E-state index is -0.735. The molecule has 1 aliphatic rings. The first-order valence-corrected chi connectivity index (χ1v) is 8.98. The molecule has 1 amide bonds. The molecule has 1 aliphatic heterocycles. The predicted octanol–water partition coefficient (Wildman–Crippen LogP) is 4.31. The molecule has 140 valence electrons. The number of carbonyl (C=O) groups excluding carboxylic acids is 2. The second-order valence-electron chi connectivity index (χ2n) is 6.63. The summed E-state index contributed by atoms with van der Waals surface area (Å²) in [6, 6.07) is 22.5. The molecule has 3 aromatic rings. The Hall–Kier alpha value is -3.47. The highest BCUT2D eigenvalue weighted by atomic mass is 19.1. The van der Waals surface area contributed by atoms with E-state index < -0.39 is 12.0 Å². The maximum absolute atomic E-state index is 13.2. The molecular formula is C23H18FNO3. The third kappa shape index (κ3) is 3.39. The quantitative estimate of drug-likeness (QED) is 0.366. The highest BCUT2D eigenvalue weighted by molar-refractivity contribution is 6.10. The number of hydrogen-bond acceptors (Lipinski definition) is 3. The van der Waals surface area contributed by atoms with Gasteiger partial charge in [-0.3, -0.25) is 4.79 Å². The van der Waals surface area contributed by atoms with Crippen molar-refractivity contribution >= 4 is 17.9 Å². The van der Waals surface area contributed by atoms with E-state index in [0.29, 0.717) is 24.3 Å². The van der Waals surface area contributed by atoms with Crippen molar-refractivity contribution in [1.82, 2.24) is 0 Å². The van der Waals surface area contributed by atoms with Gasteiger partial charge in [0.25, 0.3) is 0 Å². The first kappa shape index (κ1) is 17.9. The van der Waals surface area contributed by atoms with Gasteiger partial charge in [0.15, 0.2) is 0 Å². The van der Waals surface area contributed by atoms with Crippen LogP contribution in [0.3, 0.4) is 0 Å². The zero-order chi connectivity index (χ0) is 19.5. The zero-order valence-corrected chi connectivity index (χ0v) is 15.0. The van der Waals surface area contributed by atoms with Gasteiger partial charge in [0.1, 0.15) is 30.4 Å². The molecule has 1 saturated heterocycles. The molecule has 5 heteroatoms. The number of halogens is 1. The minimum Gasteiger partial charge on any atom is -0.489 e. The molecule has 4 rings (SSSR count). The maximum Gasteiger partial charge on any atom is 0.240 e. The lowest BCUT2D eigenvalue weighted by molar-refractivity contribution is -0.134. The van der Waals surface area contributed by atoms with Crippen LogP contribution < -0.4 is 9.64 Å². The Labute approximate surface area is 162 Å². The van der Waals surface area contributed by atoms with Crippen molar-refractivity contribution in [3.8, 4) is 5.75 Å². The lowest BCUT2D eigenvalue weighted by Gasteiger charge is -2.45. The van der Waals surface area contributed by atoms with Crippen molar-refractivity contribution in [2.75, 3.05) is 4.90 Å². The van der Waals surface area contributed by atoms with Crippen LogP contribution in [0.5, 0.6) is 5.75 Å². The molecule has 1 heterocycles. The Morgan fingerprint density at radius 2 is 1.61 bits per heavy atom. The number of nitrogens with zero attached hydrogens (tertiary/aromatic N) is 1. The third-order valence-electron chi connectivity index (χ3n) is 4.86. The van der Waals surface area contributed by atoms with Gasteiger partial charge in [0, 0.05) is 5.69 Å². The number of amides is 1. The molecule has 0 radical (unpaired) electrons. The van der Waals surface area contributed by atoms with E-state index in [4.69, 9.17) is 4.74 Å². The number of hydrogen-bond donors (Lipinski definition) is 0. The number of benzene rings is 3. The van der Waals surface area contributed by atoms with Crippen LogP contribution in [0, 0.1) is 11.7 Å². The average molecular weight is 375 g/mol. The molecule has 0 saturated carbocycles. The van der Waals surface area contributed by atoms with Crippen LogP contribution in [0.4, 0.5) is 10.1 Å². The fraction of sp³-hybridized carbons (Fsp3) is 0.130. The van der Waals surface area contributed by atoms with Gasteiger partial charge >= 0.3 is 0 Å². The van der Waals surface area contributed by atoms with E-state index in [1.807, 2.05) is 54.6 Å². The molecule has 3 aromatic carbocycles. The van der Waals surface area contributed by atoms with E-state index in [2.05, 4.69) is 0 Å². The fourth-order valence-corrected chi connectivity index (χ4v) is 3.39. The standard InChI is InChI=1S/C23H18FNO3/c24-18-8-10-19(11-9-18)25-22(21(14-26)23(25)27)17-6-12-20(13-7-17)28-15-16-4-2-1-3-5-16/h1-14,21-22H,15H2/t21-,22-/m1/s1. The summed E-state index contributed by atoms with van der Waals surface area (Å²) in [5, 5.41) is 0. The second-order valence-corrected chi connectivity index (χ2v) is 6.63. The second kappa shape index (κ2) is 7.64. The number of rotatable bonds is 6. The van der Waals surface area contributed by atoms with Crippen LogP contribution in [0.25, 0.3) is 0 Å². The molecule has 28 heavy (non-hydrogen) atoms.